The summed E-state index contributed by atoms with van der Waals surface area (Å²) >= 11 is 0. The highest BCUT2D eigenvalue weighted by atomic mass is 16.0. The average molecular weight is 473 g/mol. The van der Waals surface area contributed by atoms with Gasteiger partial charge in [-0.3, -0.25) is 0 Å². The lowest BCUT2D eigenvalue weighted by molar-refractivity contribution is 0.544. The van der Waals surface area contributed by atoms with Crippen molar-refractivity contribution >= 4 is 0 Å². The van der Waals surface area contributed by atoms with E-state index in [0.29, 0.717) is 0 Å². The van der Waals surface area contributed by atoms with E-state index in [-0.39, 0.29) is 21.9 Å². The minimum absolute atomic E-state index is 0. The monoisotopic (exact) mass is 472 g/mol. The lowest BCUT2D eigenvalue weighted by Gasteiger charge is -2.00. The van der Waals surface area contributed by atoms with Crippen LogP contribution in [0.1, 0.15) is 106 Å². The number of hydrogen-bond donors (Lipinski definition) is 0. The van der Waals surface area contributed by atoms with Crippen molar-refractivity contribution in [3.8, 4) is 0 Å². The molecule has 0 saturated carbocycles. The van der Waals surface area contributed by atoms with Gasteiger partial charge in [0.05, 0.1) is 0 Å². The fourth-order valence-electron chi connectivity index (χ4n) is 2.00. The Bertz CT molecular complexity index is 448. The van der Waals surface area contributed by atoms with E-state index >= 15 is 0 Å². The van der Waals surface area contributed by atoms with Gasteiger partial charge in [0.1, 0.15) is 0 Å². The van der Waals surface area contributed by atoms with Gasteiger partial charge in [0.25, 0.3) is 0 Å². The van der Waals surface area contributed by atoms with Gasteiger partial charge in [-0.2, -0.15) is 0 Å². The zero-order valence-electron chi connectivity index (χ0n) is 23.5. The van der Waals surface area contributed by atoms with Crippen LogP contribution in [0.4, 0.5) is 0 Å². The summed E-state index contributed by atoms with van der Waals surface area (Å²) in [6.07, 6.45) is 6.35. The normalized spacial score (nSPS) is 7.88. The zero-order chi connectivity index (χ0) is 22.9. The smallest absolute Gasteiger partial charge is 0.00258 e. The average Bonchev–Trinajstić information content (AvgIpc) is 2.82. The summed E-state index contributed by atoms with van der Waals surface area (Å²) in [6, 6.07) is 21.1. The van der Waals surface area contributed by atoms with Crippen LogP contribution >= 0.6 is 0 Å². The third-order valence-electron chi connectivity index (χ3n) is 4.88. The highest BCUT2D eigenvalue weighted by Crippen LogP contribution is 2.08. The summed E-state index contributed by atoms with van der Waals surface area (Å²) in [5.41, 5.74) is 2.74. The van der Waals surface area contributed by atoms with Crippen LogP contribution < -0.4 is 0 Å². The highest BCUT2D eigenvalue weighted by molar-refractivity contribution is 5.25. The second kappa shape index (κ2) is 40.6. The summed E-state index contributed by atoms with van der Waals surface area (Å²) in [4.78, 5) is 0. The summed E-state index contributed by atoms with van der Waals surface area (Å²) < 4.78 is 0. The van der Waals surface area contributed by atoms with Gasteiger partial charge in [-0.25, -0.2) is 0 Å². The van der Waals surface area contributed by atoms with Crippen LogP contribution in [0.2, 0.25) is 0 Å². The van der Waals surface area contributed by atoms with E-state index in [0.717, 1.165) is 18.3 Å². The molecule has 0 atom stereocenters. The largest absolute Gasteiger partial charge is 0.412 e. The molecular formula is C29H60O4. The van der Waals surface area contributed by atoms with Crippen molar-refractivity contribution in [2.75, 3.05) is 0 Å². The first kappa shape index (κ1) is 48.6. The van der Waals surface area contributed by atoms with Gasteiger partial charge in [-0.15, -0.1) is 0 Å². The van der Waals surface area contributed by atoms with E-state index in [2.05, 4.69) is 102 Å². The molecule has 0 aliphatic heterocycles. The molecule has 0 aliphatic rings. The lowest BCUT2D eigenvalue weighted by atomic mass is 10.1. The van der Waals surface area contributed by atoms with E-state index in [1.165, 1.54) is 36.8 Å². The molecule has 4 heteroatoms. The van der Waals surface area contributed by atoms with E-state index in [1.807, 2.05) is 27.7 Å². The van der Waals surface area contributed by atoms with E-state index in [4.69, 9.17) is 0 Å². The first-order chi connectivity index (χ1) is 14.1. The third-order valence-corrected chi connectivity index (χ3v) is 4.88. The second-order valence-corrected chi connectivity index (χ2v) is 6.99. The van der Waals surface area contributed by atoms with Crippen molar-refractivity contribution in [1.29, 1.82) is 0 Å². The molecule has 0 heterocycles. The Labute approximate surface area is 207 Å². The molecule has 0 radical (unpaired) electrons. The van der Waals surface area contributed by atoms with Gasteiger partial charge in [0.15, 0.2) is 0 Å². The Morgan fingerprint density at radius 1 is 0.455 bits per heavy atom. The molecule has 0 aromatic heterocycles. The van der Waals surface area contributed by atoms with Crippen LogP contribution in [0.15, 0.2) is 60.7 Å². The third kappa shape index (κ3) is 35.1. The Hall–Kier alpha value is -1.72. The van der Waals surface area contributed by atoms with Crippen molar-refractivity contribution < 1.29 is 21.9 Å². The SMILES string of the molecule is CC.CC.CCC(C)CC.CCC(C)CC.O.O.O.O.c1ccc(Cc2ccccc2)cc1. The summed E-state index contributed by atoms with van der Waals surface area (Å²) in [7, 11) is 0. The highest BCUT2D eigenvalue weighted by Gasteiger charge is 1.92. The Morgan fingerprint density at radius 2 is 0.667 bits per heavy atom. The van der Waals surface area contributed by atoms with Gasteiger partial charge in [0, 0.05) is 0 Å². The van der Waals surface area contributed by atoms with Crippen molar-refractivity contribution in [3.05, 3.63) is 71.8 Å². The standard InChI is InChI=1S/C13H12.2C6H14.2C2H6.4H2O/c1-3-7-12(8-4-1)11-13-9-5-2-6-10-13;2*1-4-6(3)5-2;2*1-2;;;;/h1-10H,11H2;2*6H,4-5H2,1-3H3;2*1-2H3;4*1H2. The maximum atomic E-state index is 2.28. The molecule has 0 fully saturated rings. The molecule has 0 saturated heterocycles. The number of rotatable bonds is 6. The minimum atomic E-state index is 0. The van der Waals surface area contributed by atoms with Crippen molar-refractivity contribution in [2.45, 2.75) is 101 Å². The van der Waals surface area contributed by atoms with E-state index in [1.54, 1.807) is 0 Å². The Kier molecular flexibility index (Phi) is 59.9. The van der Waals surface area contributed by atoms with Crippen molar-refractivity contribution in [3.63, 3.8) is 0 Å². The summed E-state index contributed by atoms with van der Waals surface area (Å²) in [6.45, 7) is 21.5. The molecule has 8 N–H and O–H groups in total. The molecular weight excluding hydrogens is 412 g/mol. The van der Waals surface area contributed by atoms with Crippen LogP contribution in [0.25, 0.3) is 0 Å². The van der Waals surface area contributed by atoms with E-state index < -0.39 is 0 Å². The zero-order valence-corrected chi connectivity index (χ0v) is 23.5. The van der Waals surface area contributed by atoms with Gasteiger partial charge < -0.3 is 21.9 Å². The molecule has 4 nitrogen and oxygen atoms in total. The molecule has 0 unspecified atom stereocenters. The topological polar surface area (TPSA) is 126 Å². The molecule has 0 aliphatic carbocycles. The van der Waals surface area contributed by atoms with Gasteiger partial charge in [-0.1, -0.05) is 156 Å². The lowest BCUT2D eigenvalue weighted by Crippen LogP contribution is -1.85. The fraction of sp³-hybridized carbons (Fsp3) is 0.586. The quantitative estimate of drug-likeness (QED) is 0.432. The first-order valence-electron chi connectivity index (χ1n) is 12.1. The fourth-order valence-corrected chi connectivity index (χ4v) is 2.00. The van der Waals surface area contributed by atoms with E-state index in [9.17, 15) is 0 Å². The predicted octanol–water partition coefficient (Wildman–Crippen LogP) is 6.92. The molecule has 2 aromatic carbocycles. The first-order valence-corrected chi connectivity index (χ1v) is 12.1. The summed E-state index contributed by atoms with van der Waals surface area (Å²) in [5, 5.41) is 0. The maximum absolute atomic E-state index is 2.28. The van der Waals surface area contributed by atoms with Crippen LogP contribution in [0.5, 0.6) is 0 Å². The number of benzene rings is 2. The minimum Gasteiger partial charge on any atom is -0.412 e. The molecule has 0 bridgehead atoms. The van der Waals surface area contributed by atoms with Crippen molar-refractivity contribution in [2.24, 2.45) is 11.8 Å². The molecule has 200 valence electrons. The van der Waals surface area contributed by atoms with Gasteiger partial charge >= 0.3 is 0 Å². The Balaban J connectivity index is -0.0000000590. The number of hydrogen-bond acceptors (Lipinski definition) is 0. The molecule has 0 amide bonds. The van der Waals surface area contributed by atoms with Crippen LogP contribution in [0, 0.1) is 11.8 Å². The van der Waals surface area contributed by atoms with Gasteiger partial charge in [0.2, 0.25) is 0 Å². The Morgan fingerprint density at radius 3 is 0.818 bits per heavy atom. The predicted molar refractivity (Wildman–Crippen MR) is 152 cm³/mol. The summed E-state index contributed by atoms with van der Waals surface area (Å²) in [5.74, 6) is 1.87. The molecule has 0 spiro atoms. The molecule has 2 aromatic rings. The molecule has 33 heavy (non-hydrogen) atoms. The maximum Gasteiger partial charge on any atom is -0.00258 e. The van der Waals surface area contributed by atoms with Crippen molar-refractivity contribution in [1.82, 2.24) is 0 Å². The van der Waals surface area contributed by atoms with Crippen LogP contribution in [-0.4, -0.2) is 21.9 Å². The molecule has 2 rings (SSSR count). The van der Waals surface area contributed by atoms with Gasteiger partial charge in [-0.05, 0) is 29.4 Å². The van der Waals surface area contributed by atoms with Crippen LogP contribution in [0.3, 0.4) is 0 Å². The van der Waals surface area contributed by atoms with Crippen LogP contribution in [-0.2, 0) is 6.42 Å². The second-order valence-electron chi connectivity index (χ2n) is 6.99.